The molecule has 0 N–H and O–H groups in total. The summed E-state index contributed by atoms with van der Waals surface area (Å²) in [4.78, 5) is 34.8. The van der Waals surface area contributed by atoms with Gasteiger partial charge in [0, 0.05) is 44.3 Å². The predicted octanol–water partition coefficient (Wildman–Crippen LogP) is 2.42. The van der Waals surface area contributed by atoms with E-state index in [1.54, 1.807) is 23.1 Å². The highest BCUT2D eigenvalue weighted by atomic mass is 16.5. The molecular formula is C23H24N4O3. The maximum Gasteiger partial charge on any atom is 0.274 e. The van der Waals surface area contributed by atoms with Crippen molar-refractivity contribution in [2.24, 2.45) is 0 Å². The van der Waals surface area contributed by atoms with Gasteiger partial charge in [0.15, 0.2) is 0 Å². The van der Waals surface area contributed by atoms with Gasteiger partial charge in [0.25, 0.3) is 5.91 Å². The van der Waals surface area contributed by atoms with Crippen molar-refractivity contribution < 1.29 is 14.3 Å². The van der Waals surface area contributed by atoms with E-state index in [-0.39, 0.29) is 11.8 Å². The van der Waals surface area contributed by atoms with E-state index in [1.165, 1.54) is 0 Å². The lowest BCUT2D eigenvalue weighted by atomic mass is 9.81. The van der Waals surface area contributed by atoms with Crippen LogP contribution < -0.4 is 4.90 Å². The number of nitrogens with zero attached hydrogens (tertiary/aromatic N) is 4. The molecule has 7 nitrogen and oxygen atoms in total. The van der Waals surface area contributed by atoms with E-state index in [1.807, 2.05) is 53.8 Å². The molecule has 2 amide bonds. The Morgan fingerprint density at radius 2 is 2.03 bits per heavy atom. The molecule has 2 aromatic heterocycles. The molecule has 4 heterocycles. The second-order valence-corrected chi connectivity index (χ2v) is 8.05. The van der Waals surface area contributed by atoms with Gasteiger partial charge in [-0.05, 0) is 37.1 Å². The molecule has 1 spiro atoms. The Morgan fingerprint density at radius 3 is 2.83 bits per heavy atom. The van der Waals surface area contributed by atoms with Crippen molar-refractivity contribution in [1.82, 2.24) is 14.3 Å². The first-order valence-electron chi connectivity index (χ1n) is 10.2. The second kappa shape index (κ2) is 6.95. The number of carbonyl (C=O) groups is 2. The molecule has 0 radical (unpaired) electrons. The summed E-state index contributed by atoms with van der Waals surface area (Å²) in [6, 6.07) is 13.7. The first-order chi connectivity index (χ1) is 14.5. The summed E-state index contributed by atoms with van der Waals surface area (Å²) in [7, 11) is 1.63. The quantitative estimate of drug-likeness (QED) is 0.670. The zero-order valence-corrected chi connectivity index (χ0v) is 17.2. The molecule has 0 aliphatic carbocycles. The molecule has 1 atom stereocenters. The SMILES string of the molecule is COCCN1C(=O)C2(CCN(C(=O)c3cn4c(C)cccc4n3)C2)c2ccccc21. The zero-order valence-electron chi connectivity index (χ0n) is 17.2. The topological polar surface area (TPSA) is 67.2 Å². The van der Waals surface area contributed by atoms with E-state index in [0.29, 0.717) is 38.4 Å². The minimum Gasteiger partial charge on any atom is -0.383 e. The number of fused-ring (bicyclic) bond motifs is 3. The van der Waals surface area contributed by atoms with Gasteiger partial charge >= 0.3 is 0 Å². The van der Waals surface area contributed by atoms with E-state index < -0.39 is 5.41 Å². The molecule has 3 aromatic rings. The summed E-state index contributed by atoms with van der Waals surface area (Å²) in [5.74, 6) is -0.0718. The van der Waals surface area contributed by atoms with Crippen molar-refractivity contribution in [3.8, 4) is 0 Å². The normalized spacial score (nSPS) is 20.5. The largest absolute Gasteiger partial charge is 0.383 e. The van der Waals surface area contributed by atoms with Crippen molar-refractivity contribution in [1.29, 1.82) is 0 Å². The monoisotopic (exact) mass is 404 g/mol. The van der Waals surface area contributed by atoms with Crippen molar-refractivity contribution in [3.63, 3.8) is 0 Å². The highest BCUT2D eigenvalue weighted by Gasteiger charge is 2.55. The van der Waals surface area contributed by atoms with Crippen molar-refractivity contribution in [2.45, 2.75) is 18.8 Å². The summed E-state index contributed by atoms with van der Waals surface area (Å²) >= 11 is 0. The third-order valence-corrected chi connectivity index (χ3v) is 6.36. The standard InChI is InChI=1S/C23H24N4O3/c1-16-6-5-9-20-24-18(14-27(16)20)21(28)25-11-10-23(15-25)17-7-3-4-8-19(17)26(22(23)29)12-13-30-2/h3-9,14H,10-13,15H2,1-2H3. The van der Waals surface area contributed by atoms with E-state index in [0.717, 1.165) is 22.6 Å². The fourth-order valence-electron chi connectivity index (χ4n) is 4.79. The van der Waals surface area contributed by atoms with E-state index in [9.17, 15) is 9.59 Å². The Bertz CT molecular complexity index is 1150. The van der Waals surface area contributed by atoms with E-state index >= 15 is 0 Å². The van der Waals surface area contributed by atoms with Crippen molar-refractivity contribution in [2.75, 3.05) is 38.3 Å². The molecule has 7 heteroatoms. The van der Waals surface area contributed by atoms with Gasteiger partial charge in [-0.15, -0.1) is 0 Å². The minimum atomic E-state index is -0.685. The van der Waals surface area contributed by atoms with E-state index in [4.69, 9.17) is 4.74 Å². The third kappa shape index (κ3) is 2.65. The van der Waals surface area contributed by atoms with Crippen LogP contribution in [0.1, 0.15) is 28.2 Å². The predicted molar refractivity (Wildman–Crippen MR) is 113 cm³/mol. The van der Waals surface area contributed by atoms with Crippen LogP contribution in [-0.4, -0.2) is 59.4 Å². The van der Waals surface area contributed by atoms with Crippen LogP contribution in [0.25, 0.3) is 5.65 Å². The van der Waals surface area contributed by atoms with Crippen LogP contribution in [0.4, 0.5) is 5.69 Å². The summed E-state index contributed by atoms with van der Waals surface area (Å²) < 4.78 is 7.12. The molecule has 5 rings (SSSR count). The van der Waals surface area contributed by atoms with Gasteiger partial charge in [0.05, 0.1) is 12.0 Å². The first-order valence-corrected chi connectivity index (χ1v) is 10.2. The van der Waals surface area contributed by atoms with Crippen molar-refractivity contribution >= 4 is 23.1 Å². The number of aromatic nitrogens is 2. The number of imidazole rings is 1. The number of rotatable bonds is 4. The number of carbonyl (C=O) groups excluding carboxylic acids is 2. The number of para-hydroxylation sites is 1. The zero-order chi connectivity index (χ0) is 20.9. The molecule has 2 aliphatic rings. The smallest absolute Gasteiger partial charge is 0.274 e. The Morgan fingerprint density at radius 1 is 1.20 bits per heavy atom. The Balaban J connectivity index is 1.46. The molecule has 2 aliphatic heterocycles. The van der Waals surface area contributed by atoms with Gasteiger partial charge in [-0.3, -0.25) is 9.59 Å². The number of methoxy groups -OCH3 is 1. The molecule has 1 saturated heterocycles. The number of ether oxygens (including phenoxy) is 1. The van der Waals surface area contributed by atoms with Crippen LogP contribution >= 0.6 is 0 Å². The Labute approximate surface area is 174 Å². The first kappa shape index (κ1) is 18.8. The van der Waals surface area contributed by atoms with Gasteiger partial charge < -0.3 is 18.9 Å². The average molecular weight is 404 g/mol. The maximum atomic E-state index is 13.5. The maximum absolute atomic E-state index is 13.5. The third-order valence-electron chi connectivity index (χ3n) is 6.36. The number of amides is 2. The van der Waals surface area contributed by atoms with E-state index in [2.05, 4.69) is 4.98 Å². The molecular weight excluding hydrogens is 380 g/mol. The van der Waals surface area contributed by atoms with Gasteiger partial charge in [-0.1, -0.05) is 24.3 Å². The van der Waals surface area contributed by atoms with Gasteiger partial charge in [-0.25, -0.2) is 4.98 Å². The van der Waals surface area contributed by atoms with Crippen LogP contribution in [0.15, 0.2) is 48.7 Å². The highest BCUT2D eigenvalue weighted by Crippen LogP contribution is 2.47. The van der Waals surface area contributed by atoms with Gasteiger partial charge in [-0.2, -0.15) is 0 Å². The summed E-state index contributed by atoms with van der Waals surface area (Å²) in [6.07, 6.45) is 2.40. The number of anilines is 1. The molecule has 1 aromatic carbocycles. The molecule has 30 heavy (non-hydrogen) atoms. The van der Waals surface area contributed by atoms with Crippen LogP contribution in [0, 0.1) is 6.92 Å². The fraction of sp³-hybridized carbons (Fsp3) is 0.348. The number of benzene rings is 1. The lowest BCUT2D eigenvalue weighted by molar-refractivity contribution is -0.122. The number of hydrogen-bond acceptors (Lipinski definition) is 4. The molecule has 154 valence electrons. The van der Waals surface area contributed by atoms with Crippen LogP contribution in [-0.2, 0) is 14.9 Å². The van der Waals surface area contributed by atoms with Crippen LogP contribution in [0.2, 0.25) is 0 Å². The summed E-state index contributed by atoms with van der Waals surface area (Å²) in [5, 5.41) is 0. The fourth-order valence-corrected chi connectivity index (χ4v) is 4.79. The highest BCUT2D eigenvalue weighted by molar-refractivity contribution is 6.09. The lowest BCUT2D eigenvalue weighted by Gasteiger charge is -2.24. The second-order valence-electron chi connectivity index (χ2n) is 8.05. The molecule has 0 saturated carbocycles. The Kier molecular flexibility index (Phi) is 4.36. The van der Waals surface area contributed by atoms with Gasteiger partial charge in [0.2, 0.25) is 5.91 Å². The number of aryl methyl sites for hydroxylation is 1. The Hall–Kier alpha value is -3.19. The van der Waals surface area contributed by atoms with Crippen molar-refractivity contribution in [3.05, 3.63) is 65.6 Å². The molecule has 0 bridgehead atoms. The number of pyridine rings is 1. The number of likely N-dealkylation sites (tertiary alicyclic amines) is 1. The summed E-state index contributed by atoms with van der Waals surface area (Å²) in [5.41, 5.74) is 3.43. The average Bonchev–Trinajstić information content (AvgIpc) is 3.45. The van der Waals surface area contributed by atoms with Gasteiger partial charge in [0.1, 0.15) is 11.3 Å². The summed E-state index contributed by atoms with van der Waals surface area (Å²) in [6.45, 7) is 3.87. The van der Waals surface area contributed by atoms with Crippen LogP contribution in [0.3, 0.4) is 0 Å². The van der Waals surface area contributed by atoms with Crippen LogP contribution in [0.5, 0.6) is 0 Å². The minimum absolute atomic E-state index is 0.0573. The molecule has 1 unspecified atom stereocenters. The number of hydrogen-bond donors (Lipinski definition) is 0. The lowest BCUT2D eigenvalue weighted by Crippen LogP contribution is -2.44. The molecule has 1 fully saturated rings.